The number of aryl methyl sites for hydroxylation is 1. The minimum absolute atomic E-state index is 0.226. The maximum absolute atomic E-state index is 13.7. The Balaban J connectivity index is 1.65. The van der Waals surface area contributed by atoms with Gasteiger partial charge in [-0.25, -0.2) is 0 Å². The highest BCUT2D eigenvalue weighted by Gasteiger charge is 2.34. The molecule has 9 nitrogen and oxygen atoms in total. The van der Waals surface area contributed by atoms with E-state index < -0.39 is 6.04 Å². The van der Waals surface area contributed by atoms with Crippen LogP contribution >= 0.6 is 22.9 Å². The maximum atomic E-state index is 13.7. The van der Waals surface area contributed by atoms with Crippen LogP contribution < -0.4 is 10.2 Å². The summed E-state index contributed by atoms with van der Waals surface area (Å²) in [6.07, 6.45) is 0.829. The van der Waals surface area contributed by atoms with Gasteiger partial charge in [-0.3, -0.25) is 14.5 Å². The van der Waals surface area contributed by atoms with Gasteiger partial charge in [-0.05, 0) is 72.3 Å². The van der Waals surface area contributed by atoms with Gasteiger partial charge in [-0.15, -0.1) is 21.5 Å². The lowest BCUT2D eigenvalue weighted by Gasteiger charge is -2.30. The second-order valence-corrected chi connectivity index (χ2v) is 10.1. The first-order chi connectivity index (χ1) is 17.3. The number of nitrogens with zero attached hydrogens (tertiary/aromatic N) is 5. The Labute approximate surface area is 218 Å². The SMILES string of the molecule is Cc1ccc(-c2nnn(CC(=O)N(c3ccc(Cl)cc3)[C@H](C(=O)NCCC(C)C)c3cccs3)n2)o1. The zero-order chi connectivity index (χ0) is 25.7. The molecule has 0 aliphatic carbocycles. The van der Waals surface area contributed by atoms with E-state index in [4.69, 9.17) is 16.0 Å². The molecule has 0 saturated heterocycles. The fraction of sp³-hybridized carbons (Fsp3) is 0.320. The van der Waals surface area contributed by atoms with Gasteiger partial charge in [0.05, 0.1) is 0 Å². The van der Waals surface area contributed by atoms with Gasteiger partial charge in [0.15, 0.2) is 5.76 Å². The van der Waals surface area contributed by atoms with E-state index >= 15 is 0 Å². The predicted molar refractivity (Wildman–Crippen MR) is 139 cm³/mol. The Morgan fingerprint density at radius 2 is 1.94 bits per heavy atom. The summed E-state index contributed by atoms with van der Waals surface area (Å²) in [4.78, 5) is 30.6. The molecule has 1 aromatic carbocycles. The van der Waals surface area contributed by atoms with E-state index in [2.05, 4.69) is 34.6 Å². The van der Waals surface area contributed by atoms with Crippen LogP contribution in [-0.2, 0) is 16.1 Å². The molecule has 36 heavy (non-hydrogen) atoms. The van der Waals surface area contributed by atoms with E-state index in [-0.39, 0.29) is 24.2 Å². The van der Waals surface area contributed by atoms with Crippen LogP contribution in [0.25, 0.3) is 11.6 Å². The van der Waals surface area contributed by atoms with Crippen molar-refractivity contribution in [1.29, 1.82) is 0 Å². The van der Waals surface area contributed by atoms with E-state index in [1.807, 2.05) is 24.4 Å². The number of halogens is 1. The Bertz CT molecular complexity index is 1300. The summed E-state index contributed by atoms with van der Waals surface area (Å²) < 4.78 is 5.55. The number of thiophene rings is 1. The molecule has 0 unspecified atom stereocenters. The molecule has 0 bridgehead atoms. The van der Waals surface area contributed by atoms with Crippen molar-refractivity contribution in [3.8, 4) is 11.6 Å². The second kappa shape index (κ2) is 11.5. The van der Waals surface area contributed by atoms with E-state index in [1.54, 1.807) is 36.4 Å². The second-order valence-electron chi connectivity index (χ2n) is 8.69. The number of furan rings is 1. The van der Waals surface area contributed by atoms with Gasteiger partial charge < -0.3 is 9.73 Å². The van der Waals surface area contributed by atoms with Crippen LogP contribution in [0.3, 0.4) is 0 Å². The molecule has 0 aliphatic heterocycles. The molecule has 2 amide bonds. The summed E-state index contributed by atoms with van der Waals surface area (Å²) in [7, 11) is 0. The van der Waals surface area contributed by atoms with E-state index in [0.29, 0.717) is 34.7 Å². The molecule has 0 saturated carbocycles. The zero-order valence-electron chi connectivity index (χ0n) is 20.2. The van der Waals surface area contributed by atoms with Gasteiger partial charge in [0, 0.05) is 22.1 Å². The first kappa shape index (κ1) is 25.6. The number of aromatic nitrogens is 4. The molecule has 11 heteroatoms. The van der Waals surface area contributed by atoms with E-state index in [9.17, 15) is 9.59 Å². The third-order valence-electron chi connectivity index (χ3n) is 5.40. The van der Waals surface area contributed by atoms with Crippen LogP contribution in [0.15, 0.2) is 58.3 Å². The molecule has 3 heterocycles. The summed E-state index contributed by atoms with van der Waals surface area (Å²) >= 11 is 7.52. The maximum Gasteiger partial charge on any atom is 0.251 e. The molecular weight excluding hydrogens is 500 g/mol. The number of tetrazole rings is 1. The quantitative estimate of drug-likeness (QED) is 0.315. The Morgan fingerprint density at radius 3 is 2.58 bits per heavy atom. The molecular formula is C25H27ClN6O3S. The molecule has 0 fully saturated rings. The standard InChI is InChI=1S/C25H27ClN6O3S/c1-16(2)12-13-27-25(34)23(21-5-4-14-36-21)32(19-9-7-18(26)8-10-19)22(33)15-31-29-24(28-30-31)20-11-6-17(3)35-20/h4-11,14,16,23H,12-13,15H2,1-3H3,(H,27,34)/t23-/m0/s1. The Hall–Kier alpha value is -3.50. The first-order valence-electron chi connectivity index (χ1n) is 11.5. The molecule has 188 valence electrons. The van der Waals surface area contributed by atoms with Crippen molar-refractivity contribution in [2.45, 2.75) is 39.8 Å². The molecule has 0 spiro atoms. The predicted octanol–water partition coefficient (Wildman–Crippen LogP) is 4.89. The Kier molecular flexibility index (Phi) is 8.17. The van der Waals surface area contributed by atoms with E-state index in [1.165, 1.54) is 21.0 Å². The van der Waals surface area contributed by atoms with Crippen LogP contribution in [-0.4, -0.2) is 38.6 Å². The van der Waals surface area contributed by atoms with Gasteiger partial charge in [0.25, 0.3) is 5.91 Å². The molecule has 0 radical (unpaired) electrons. The third-order valence-corrected chi connectivity index (χ3v) is 6.58. The highest BCUT2D eigenvalue weighted by atomic mass is 35.5. The van der Waals surface area contributed by atoms with E-state index in [0.717, 1.165) is 11.3 Å². The summed E-state index contributed by atoms with van der Waals surface area (Å²) in [6.45, 7) is 6.29. The van der Waals surface area contributed by atoms with Crippen molar-refractivity contribution in [2.75, 3.05) is 11.4 Å². The lowest BCUT2D eigenvalue weighted by atomic mass is 10.1. The Morgan fingerprint density at radius 1 is 1.17 bits per heavy atom. The van der Waals surface area contributed by atoms with Crippen LogP contribution in [0.2, 0.25) is 5.02 Å². The molecule has 4 aromatic rings. The summed E-state index contributed by atoms with van der Waals surface area (Å²) in [5.74, 6) is 1.24. The number of benzene rings is 1. The lowest BCUT2D eigenvalue weighted by Crippen LogP contribution is -2.45. The highest BCUT2D eigenvalue weighted by molar-refractivity contribution is 7.10. The van der Waals surface area contributed by atoms with Crippen molar-refractivity contribution in [1.82, 2.24) is 25.5 Å². The fourth-order valence-electron chi connectivity index (χ4n) is 3.60. The minimum atomic E-state index is -0.874. The number of nitrogens with one attached hydrogen (secondary N) is 1. The van der Waals surface area contributed by atoms with Gasteiger partial charge >= 0.3 is 0 Å². The third kappa shape index (κ3) is 6.19. The molecule has 1 N–H and O–H groups in total. The zero-order valence-corrected chi connectivity index (χ0v) is 21.8. The van der Waals surface area contributed by atoms with Crippen molar-refractivity contribution < 1.29 is 14.0 Å². The lowest BCUT2D eigenvalue weighted by molar-refractivity contribution is -0.127. The smallest absolute Gasteiger partial charge is 0.251 e. The fourth-order valence-corrected chi connectivity index (χ4v) is 4.54. The summed E-state index contributed by atoms with van der Waals surface area (Å²) in [5, 5.41) is 17.7. The molecule has 3 aromatic heterocycles. The largest absolute Gasteiger partial charge is 0.458 e. The highest BCUT2D eigenvalue weighted by Crippen LogP contribution is 2.32. The molecule has 1 atom stereocenters. The van der Waals surface area contributed by atoms with Gasteiger partial charge in [0.2, 0.25) is 11.7 Å². The first-order valence-corrected chi connectivity index (χ1v) is 12.8. The topological polar surface area (TPSA) is 106 Å². The van der Waals surface area contributed by atoms with Crippen LogP contribution in [0.5, 0.6) is 0 Å². The number of amides is 2. The molecule has 4 rings (SSSR count). The van der Waals surface area contributed by atoms with Crippen molar-refractivity contribution in [3.05, 3.63) is 69.6 Å². The van der Waals surface area contributed by atoms with Crippen LogP contribution in [0.4, 0.5) is 5.69 Å². The van der Waals surface area contributed by atoms with Crippen LogP contribution in [0, 0.1) is 12.8 Å². The minimum Gasteiger partial charge on any atom is -0.458 e. The number of carbonyl (C=O) groups is 2. The average Bonchev–Trinajstić information content (AvgIpc) is 3.60. The normalized spacial score (nSPS) is 12.0. The summed E-state index contributed by atoms with van der Waals surface area (Å²) in [6, 6.07) is 13.2. The van der Waals surface area contributed by atoms with Crippen molar-refractivity contribution in [3.63, 3.8) is 0 Å². The number of hydrogen-bond acceptors (Lipinski definition) is 7. The van der Waals surface area contributed by atoms with Gasteiger partial charge in [0.1, 0.15) is 18.3 Å². The monoisotopic (exact) mass is 526 g/mol. The number of hydrogen-bond donors (Lipinski definition) is 1. The van der Waals surface area contributed by atoms with Crippen molar-refractivity contribution in [2.24, 2.45) is 5.92 Å². The van der Waals surface area contributed by atoms with Gasteiger partial charge in [-0.1, -0.05) is 31.5 Å². The summed E-state index contributed by atoms with van der Waals surface area (Å²) in [5.41, 5.74) is 0.531. The number of rotatable bonds is 10. The van der Waals surface area contributed by atoms with Gasteiger partial charge in [-0.2, -0.15) is 4.80 Å². The average molecular weight is 527 g/mol. The number of carbonyl (C=O) groups excluding carboxylic acids is 2. The number of anilines is 1. The van der Waals surface area contributed by atoms with Crippen molar-refractivity contribution >= 4 is 40.4 Å². The van der Waals surface area contributed by atoms with Crippen LogP contribution in [0.1, 0.15) is 36.9 Å². The molecule has 0 aliphatic rings.